The molecular weight excluding hydrogens is 532 g/mol. The minimum absolute atomic E-state index is 0.0137. The van der Waals surface area contributed by atoms with Crippen molar-refractivity contribution in [1.82, 2.24) is 16.0 Å². The summed E-state index contributed by atoms with van der Waals surface area (Å²) < 4.78 is 0. The van der Waals surface area contributed by atoms with Crippen molar-refractivity contribution in [1.29, 1.82) is 0 Å². The van der Waals surface area contributed by atoms with Crippen molar-refractivity contribution in [2.24, 2.45) is 33.8 Å². The average Bonchev–Trinajstić information content (AvgIpc) is 2.89. The van der Waals surface area contributed by atoms with E-state index in [9.17, 15) is 29.4 Å². The number of phenolic OH excluding ortho intramolecular Hbond substituents is 1. The first-order valence-electron chi connectivity index (χ1n) is 13.8. The standard InChI is InChI=1S/C27H46N8O6/c1-16(2)14-22(25(39)34-21(26(40)41)6-3-4-12-28)35-24(38)20(7-5-13-32-27(30)31)33-23(37)19(29)15-17-8-10-18(36)11-9-17/h8-11,16,19-22,36H,3-7,12-15,28-29H2,1-2H3,(H,33,37)(H,34,39)(H,35,38)(H,40,41)(H4,30,31,32). The highest BCUT2D eigenvalue weighted by atomic mass is 16.4. The molecular formula is C27H46N8O6. The molecule has 0 spiro atoms. The summed E-state index contributed by atoms with van der Waals surface area (Å²) in [4.78, 5) is 55.0. The quantitative estimate of drug-likeness (QED) is 0.0551. The second-order valence-electron chi connectivity index (χ2n) is 10.4. The van der Waals surface area contributed by atoms with Gasteiger partial charge in [-0.2, -0.15) is 0 Å². The van der Waals surface area contributed by atoms with Crippen molar-refractivity contribution in [3.05, 3.63) is 29.8 Å². The first kappa shape index (κ1) is 35.1. The topological polar surface area (TPSA) is 261 Å². The fourth-order valence-electron chi connectivity index (χ4n) is 4.03. The zero-order valence-corrected chi connectivity index (χ0v) is 23.8. The van der Waals surface area contributed by atoms with Crippen LogP contribution in [0.4, 0.5) is 0 Å². The number of benzene rings is 1. The van der Waals surface area contributed by atoms with E-state index in [1.807, 2.05) is 13.8 Å². The lowest BCUT2D eigenvalue weighted by Gasteiger charge is -2.26. The zero-order chi connectivity index (χ0) is 30.9. The zero-order valence-electron chi connectivity index (χ0n) is 23.8. The van der Waals surface area contributed by atoms with Crippen molar-refractivity contribution < 1.29 is 29.4 Å². The summed E-state index contributed by atoms with van der Waals surface area (Å²) in [6, 6.07) is 2.00. The van der Waals surface area contributed by atoms with Gasteiger partial charge >= 0.3 is 5.97 Å². The number of nitrogens with zero attached hydrogens (tertiary/aromatic N) is 1. The number of hydrogen-bond donors (Lipinski definition) is 9. The highest BCUT2D eigenvalue weighted by Crippen LogP contribution is 2.12. The maximum Gasteiger partial charge on any atom is 0.326 e. The number of guanidine groups is 1. The lowest BCUT2D eigenvalue weighted by molar-refractivity contribution is -0.142. The SMILES string of the molecule is CC(C)CC(NC(=O)C(CCCN=C(N)N)NC(=O)C(N)Cc1ccc(O)cc1)C(=O)NC(CCCCN)C(=O)O. The number of aliphatic carboxylic acids is 1. The third-order valence-corrected chi connectivity index (χ3v) is 6.21. The van der Waals surface area contributed by atoms with E-state index in [1.165, 1.54) is 12.1 Å². The Morgan fingerprint density at radius 3 is 1.98 bits per heavy atom. The van der Waals surface area contributed by atoms with Gasteiger partial charge in [-0.1, -0.05) is 26.0 Å². The van der Waals surface area contributed by atoms with Gasteiger partial charge in [0.2, 0.25) is 17.7 Å². The van der Waals surface area contributed by atoms with Gasteiger partial charge in [-0.25, -0.2) is 4.79 Å². The van der Waals surface area contributed by atoms with Gasteiger partial charge in [0, 0.05) is 6.54 Å². The number of nitrogens with two attached hydrogens (primary N) is 4. The van der Waals surface area contributed by atoms with Gasteiger partial charge in [-0.05, 0) is 75.1 Å². The molecule has 0 aliphatic rings. The summed E-state index contributed by atoms with van der Waals surface area (Å²) in [5.74, 6) is -3.08. The van der Waals surface area contributed by atoms with Crippen LogP contribution in [0.2, 0.25) is 0 Å². The van der Waals surface area contributed by atoms with Crippen LogP contribution in [0.1, 0.15) is 57.9 Å². The predicted molar refractivity (Wildman–Crippen MR) is 155 cm³/mol. The molecule has 0 saturated heterocycles. The van der Waals surface area contributed by atoms with Crippen molar-refractivity contribution in [2.45, 2.75) is 83.0 Å². The van der Waals surface area contributed by atoms with Crippen LogP contribution in [0, 0.1) is 5.92 Å². The van der Waals surface area contributed by atoms with Crippen LogP contribution in [0.25, 0.3) is 0 Å². The number of unbranched alkanes of at least 4 members (excludes halogenated alkanes) is 1. The largest absolute Gasteiger partial charge is 0.508 e. The predicted octanol–water partition coefficient (Wildman–Crippen LogP) is -0.970. The molecule has 0 aliphatic heterocycles. The molecule has 0 fully saturated rings. The molecule has 4 atom stereocenters. The van der Waals surface area contributed by atoms with E-state index >= 15 is 0 Å². The molecule has 0 bridgehead atoms. The highest BCUT2D eigenvalue weighted by molar-refractivity contribution is 5.94. The number of carbonyl (C=O) groups is 4. The summed E-state index contributed by atoms with van der Waals surface area (Å²) in [6.45, 7) is 4.33. The number of carbonyl (C=O) groups excluding carboxylic acids is 3. The first-order valence-corrected chi connectivity index (χ1v) is 13.8. The van der Waals surface area contributed by atoms with Crippen LogP contribution in [0.5, 0.6) is 5.75 Å². The molecule has 0 saturated carbocycles. The number of aliphatic imine (C=N–C) groups is 1. The van der Waals surface area contributed by atoms with Crippen LogP contribution in [0.15, 0.2) is 29.3 Å². The summed E-state index contributed by atoms with van der Waals surface area (Å²) in [7, 11) is 0. The number of carboxylic acid groups (broad SMARTS) is 1. The van der Waals surface area contributed by atoms with Crippen molar-refractivity contribution >= 4 is 29.7 Å². The maximum atomic E-state index is 13.4. The number of carboxylic acids is 1. The van der Waals surface area contributed by atoms with Gasteiger partial charge in [0.25, 0.3) is 0 Å². The molecule has 0 aliphatic carbocycles. The van der Waals surface area contributed by atoms with E-state index in [0.29, 0.717) is 31.4 Å². The van der Waals surface area contributed by atoms with Crippen molar-refractivity contribution in [2.75, 3.05) is 13.1 Å². The second-order valence-corrected chi connectivity index (χ2v) is 10.4. The first-order chi connectivity index (χ1) is 19.3. The van der Waals surface area contributed by atoms with Crippen LogP contribution < -0.4 is 38.9 Å². The third-order valence-electron chi connectivity index (χ3n) is 6.21. The van der Waals surface area contributed by atoms with Crippen LogP contribution in [-0.4, -0.2) is 77.1 Å². The minimum atomic E-state index is -1.18. The molecule has 0 aromatic heterocycles. The number of nitrogens with one attached hydrogen (secondary N) is 3. The molecule has 14 heteroatoms. The van der Waals surface area contributed by atoms with E-state index in [-0.39, 0.29) is 49.9 Å². The molecule has 1 rings (SSSR count). The van der Waals surface area contributed by atoms with E-state index in [2.05, 4.69) is 20.9 Å². The number of rotatable bonds is 19. The van der Waals surface area contributed by atoms with Crippen LogP contribution in [-0.2, 0) is 25.6 Å². The Kier molecular flexibility index (Phi) is 15.8. The monoisotopic (exact) mass is 578 g/mol. The van der Waals surface area contributed by atoms with Gasteiger partial charge in [0.15, 0.2) is 5.96 Å². The Balaban J connectivity index is 3.02. The van der Waals surface area contributed by atoms with Gasteiger partial charge in [0.1, 0.15) is 23.9 Å². The number of aromatic hydroxyl groups is 1. The molecule has 14 nitrogen and oxygen atoms in total. The van der Waals surface area contributed by atoms with E-state index in [1.54, 1.807) is 12.1 Å². The van der Waals surface area contributed by atoms with Crippen LogP contribution in [0.3, 0.4) is 0 Å². The summed E-state index contributed by atoms with van der Waals surface area (Å²) in [5.41, 5.74) is 23.0. The molecule has 4 unspecified atom stereocenters. The molecule has 13 N–H and O–H groups in total. The molecule has 0 radical (unpaired) electrons. The lowest BCUT2D eigenvalue weighted by Crippen LogP contribution is -2.57. The van der Waals surface area contributed by atoms with Crippen LogP contribution >= 0.6 is 0 Å². The minimum Gasteiger partial charge on any atom is -0.508 e. The van der Waals surface area contributed by atoms with Gasteiger partial charge in [-0.3, -0.25) is 19.4 Å². The lowest BCUT2D eigenvalue weighted by atomic mass is 10.0. The van der Waals surface area contributed by atoms with Crippen molar-refractivity contribution in [3.63, 3.8) is 0 Å². The Hall–Kier alpha value is -3.91. The number of phenols is 1. The van der Waals surface area contributed by atoms with E-state index in [4.69, 9.17) is 22.9 Å². The highest BCUT2D eigenvalue weighted by Gasteiger charge is 2.30. The summed E-state index contributed by atoms with van der Waals surface area (Å²) >= 11 is 0. The average molecular weight is 579 g/mol. The normalized spacial score (nSPS) is 13.9. The van der Waals surface area contributed by atoms with Gasteiger partial charge in [0.05, 0.1) is 6.04 Å². The Labute approximate surface area is 240 Å². The molecule has 1 aromatic carbocycles. The molecule has 3 amide bonds. The summed E-state index contributed by atoms with van der Waals surface area (Å²) in [5, 5.41) is 26.9. The molecule has 1 aromatic rings. The maximum absolute atomic E-state index is 13.4. The van der Waals surface area contributed by atoms with E-state index in [0.717, 1.165) is 0 Å². The Morgan fingerprint density at radius 1 is 0.854 bits per heavy atom. The fourth-order valence-corrected chi connectivity index (χ4v) is 4.03. The Morgan fingerprint density at radius 2 is 1.41 bits per heavy atom. The third kappa shape index (κ3) is 14.3. The fraction of sp³-hybridized carbons (Fsp3) is 0.593. The molecule has 230 valence electrons. The van der Waals surface area contributed by atoms with E-state index < -0.39 is 47.9 Å². The molecule has 41 heavy (non-hydrogen) atoms. The number of amides is 3. The second kappa shape index (κ2) is 18.4. The smallest absolute Gasteiger partial charge is 0.326 e. The Bertz CT molecular complexity index is 1010. The van der Waals surface area contributed by atoms with Gasteiger partial charge < -0.3 is 49.1 Å². The van der Waals surface area contributed by atoms with Gasteiger partial charge in [-0.15, -0.1) is 0 Å². The number of hydrogen-bond acceptors (Lipinski definition) is 8. The van der Waals surface area contributed by atoms with Crippen molar-refractivity contribution in [3.8, 4) is 5.75 Å². The summed E-state index contributed by atoms with van der Waals surface area (Å²) in [6.07, 6.45) is 2.21. The molecule has 0 heterocycles.